The molecule has 0 aliphatic carbocycles. The van der Waals surface area contributed by atoms with Gasteiger partial charge in [0.05, 0.1) is 25.1 Å². The van der Waals surface area contributed by atoms with E-state index < -0.39 is 0 Å². The van der Waals surface area contributed by atoms with Gasteiger partial charge < -0.3 is 14.2 Å². The van der Waals surface area contributed by atoms with Crippen LogP contribution in [0.15, 0.2) is 54.6 Å². The number of rotatable bonds is 10. The fourth-order valence-electron chi connectivity index (χ4n) is 5.08. The molecule has 0 spiro atoms. The zero-order chi connectivity index (χ0) is 25.9. The van der Waals surface area contributed by atoms with Crippen molar-refractivity contribution >= 4 is 0 Å². The molecule has 0 amide bonds. The fraction of sp³-hybridized carbons (Fsp3) is 0.516. The summed E-state index contributed by atoms with van der Waals surface area (Å²) in [4.78, 5) is 2.54. The summed E-state index contributed by atoms with van der Waals surface area (Å²) in [5.41, 5.74) is 6.53. The van der Waals surface area contributed by atoms with E-state index in [0.717, 1.165) is 77.4 Å². The van der Waals surface area contributed by atoms with Crippen LogP contribution in [0.25, 0.3) is 0 Å². The van der Waals surface area contributed by atoms with Crippen LogP contribution in [0, 0.1) is 5.92 Å². The van der Waals surface area contributed by atoms with E-state index in [1.807, 2.05) is 18.2 Å². The lowest BCUT2D eigenvalue weighted by Gasteiger charge is -2.23. The quantitative estimate of drug-likeness (QED) is 0.356. The fourth-order valence-corrected chi connectivity index (χ4v) is 5.08. The van der Waals surface area contributed by atoms with Crippen molar-refractivity contribution in [3.8, 4) is 5.75 Å². The van der Waals surface area contributed by atoms with Crippen molar-refractivity contribution in [2.24, 2.45) is 5.92 Å². The van der Waals surface area contributed by atoms with Crippen LogP contribution in [0.3, 0.4) is 0 Å². The molecule has 4 rings (SSSR count). The Kier molecular flexibility index (Phi) is 10.6. The Bertz CT molecular complexity index is 1070. The van der Waals surface area contributed by atoms with Crippen molar-refractivity contribution in [3.63, 3.8) is 0 Å². The van der Waals surface area contributed by atoms with Gasteiger partial charge in [-0.15, -0.1) is 0 Å². The second kappa shape index (κ2) is 14.3. The highest BCUT2D eigenvalue weighted by Gasteiger charge is 2.22. The molecule has 2 heterocycles. The maximum Gasteiger partial charge on any atom is 0.118 e. The lowest BCUT2D eigenvalue weighted by atomic mass is 9.99. The summed E-state index contributed by atoms with van der Waals surface area (Å²) in [5, 5.41) is 5.13. The van der Waals surface area contributed by atoms with Crippen LogP contribution >= 0.6 is 0 Å². The highest BCUT2D eigenvalue weighted by Crippen LogP contribution is 2.24. The molecule has 0 saturated carbocycles. The number of methoxy groups -OCH3 is 1. The Morgan fingerprint density at radius 1 is 1.00 bits per heavy atom. The van der Waals surface area contributed by atoms with Crippen LogP contribution in [-0.2, 0) is 48.6 Å². The summed E-state index contributed by atoms with van der Waals surface area (Å²) < 4.78 is 19.6. The van der Waals surface area contributed by atoms with Gasteiger partial charge >= 0.3 is 0 Å². The van der Waals surface area contributed by atoms with E-state index in [2.05, 4.69) is 59.8 Å². The number of hydrogen-bond donors (Lipinski definition) is 0. The second-order valence-corrected chi connectivity index (χ2v) is 10.1. The topological polar surface area (TPSA) is 48.8 Å². The first-order valence-corrected chi connectivity index (χ1v) is 13.8. The Balaban J connectivity index is 1.48. The lowest BCUT2D eigenvalue weighted by Crippen LogP contribution is -2.26. The summed E-state index contributed by atoms with van der Waals surface area (Å²) in [6.07, 6.45) is 4.02. The molecule has 37 heavy (non-hydrogen) atoms. The average Bonchev–Trinajstić information content (AvgIpc) is 3.22. The Morgan fingerprint density at radius 3 is 2.54 bits per heavy atom. The highest BCUT2D eigenvalue weighted by molar-refractivity contribution is 5.29. The predicted molar refractivity (Wildman–Crippen MR) is 148 cm³/mol. The van der Waals surface area contributed by atoms with Gasteiger partial charge in [-0.05, 0) is 67.3 Å². The summed E-state index contributed by atoms with van der Waals surface area (Å²) in [7, 11) is 1.71. The molecule has 1 atom stereocenters. The Labute approximate surface area is 222 Å². The molecule has 1 aromatic heterocycles. The molecule has 6 heteroatoms. The minimum absolute atomic E-state index is 0.401. The van der Waals surface area contributed by atoms with Crippen molar-refractivity contribution in [2.75, 3.05) is 33.5 Å². The second-order valence-electron chi connectivity index (χ2n) is 10.1. The summed E-state index contributed by atoms with van der Waals surface area (Å²) in [5.74, 6) is 1.30. The van der Waals surface area contributed by atoms with Gasteiger partial charge in [0.15, 0.2) is 0 Å². The third-order valence-corrected chi connectivity index (χ3v) is 7.02. The molecule has 3 aromatic rings. The third-order valence-electron chi connectivity index (χ3n) is 7.02. The molecule has 0 unspecified atom stereocenters. The predicted octanol–water partition coefficient (Wildman–Crippen LogP) is 5.66. The van der Waals surface area contributed by atoms with Crippen LogP contribution in [0.4, 0.5) is 0 Å². The van der Waals surface area contributed by atoms with E-state index in [-0.39, 0.29) is 0 Å². The first-order chi connectivity index (χ1) is 18.2. The van der Waals surface area contributed by atoms with Crippen LogP contribution in [0.1, 0.15) is 54.8 Å². The SMILES string of the molecule is CCn1nc(C[C@@H](C)COCc2ccccc2)c2c1CN(Cc1ccc(OC)cc1)CCCOCCC2. The molecule has 6 nitrogen and oxygen atoms in total. The largest absolute Gasteiger partial charge is 0.497 e. The van der Waals surface area contributed by atoms with Crippen molar-refractivity contribution in [1.29, 1.82) is 0 Å². The van der Waals surface area contributed by atoms with Crippen molar-refractivity contribution in [1.82, 2.24) is 14.7 Å². The normalized spacial score (nSPS) is 16.1. The first-order valence-electron chi connectivity index (χ1n) is 13.8. The third kappa shape index (κ3) is 8.16. The van der Waals surface area contributed by atoms with Gasteiger partial charge in [0.1, 0.15) is 5.75 Å². The van der Waals surface area contributed by atoms with Crippen molar-refractivity contribution in [2.45, 2.75) is 65.8 Å². The van der Waals surface area contributed by atoms with E-state index in [4.69, 9.17) is 19.3 Å². The minimum Gasteiger partial charge on any atom is -0.497 e. The van der Waals surface area contributed by atoms with E-state index >= 15 is 0 Å². The zero-order valence-corrected chi connectivity index (χ0v) is 22.8. The number of aromatic nitrogens is 2. The van der Waals surface area contributed by atoms with Crippen molar-refractivity contribution in [3.05, 3.63) is 82.7 Å². The molecule has 0 N–H and O–H groups in total. The van der Waals surface area contributed by atoms with Crippen LogP contribution in [-0.4, -0.2) is 48.2 Å². The van der Waals surface area contributed by atoms with Gasteiger partial charge in [-0.2, -0.15) is 5.10 Å². The molecule has 0 fully saturated rings. The van der Waals surface area contributed by atoms with Gasteiger partial charge in [0.25, 0.3) is 0 Å². The lowest BCUT2D eigenvalue weighted by molar-refractivity contribution is 0.0917. The van der Waals surface area contributed by atoms with E-state index in [0.29, 0.717) is 12.5 Å². The monoisotopic (exact) mass is 505 g/mol. The minimum atomic E-state index is 0.401. The maximum absolute atomic E-state index is 6.06. The van der Waals surface area contributed by atoms with Crippen LogP contribution in [0.5, 0.6) is 5.75 Å². The van der Waals surface area contributed by atoms with E-state index in [1.54, 1.807) is 7.11 Å². The van der Waals surface area contributed by atoms with Gasteiger partial charge in [0.2, 0.25) is 0 Å². The maximum atomic E-state index is 6.06. The Hall–Kier alpha value is -2.67. The molecule has 0 saturated heterocycles. The molecule has 2 aromatic carbocycles. The van der Waals surface area contributed by atoms with E-state index in [1.165, 1.54) is 28.1 Å². The van der Waals surface area contributed by atoms with Crippen molar-refractivity contribution < 1.29 is 14.2 Å². The number of hydrogen-bond acceptors (Lipinski definition) is 5. The number of ether oxygens (including phenoxy) is 3. The summed E-state index contributed by atoms with van der Waals surface area (Å²) in [6.45, 7) is 11.2. The highest BCUT2D eigenvalue weighted by atomic mass is 16.5. The standard InChI is InChI=1S/C31H43N3O3/c1-4-34-31-22-33(21-26-13-15-28(35-3)16-14-26)17-9-19-36-18-8-12-29(31)30(32-34)20-25(2)23-37-24-27-10-6-5-7-11-27/h5-7,10-11,13-16,25H,4,8-9,12,17-24H2,1-3H3/t25-/m1/s1. The molecule has 0 radical (unpaired) electrons. The Morgan fingerprint density at radius 2 is 1.78 bits per heavy atom. The number of aryl methyl sites for hydroxylation is 1. The van der Waals surface area contributed by atoms with Gasteiger partial charge in [-0.3, -0.25) is 9.58 Å². The molecule has 1 aliphatic rings. The summed E-state index contributed by atoms with van der Waals surface area (Å²) >= 11 is 0. The van der Waals surface area contributed by atoms with Crippen LogP contribution in [0.2, 0.25) is 0 Å². The first kappa shape index (κ1) is 27.4. The smallest absolute Gasteiger partial charge is 0.118 e. The molecule has 200 valence electrons. The molecular formula is C31H43N3O3. The van der Waals surface area contributed by atoms with Gasteiger partial charge in [0, 0.05) is 46.0 Å². The molecule has 0 bridgehead atoms. The van der Waals surface area contributed by atoms with E-state index in [9.17, 15) is 0 Å². The van der Waals surface area contributed by atoms with Crippen LogP contribution < -0.4 is 4.74 Å². The molecular weight excluding hydrogens is 462 g/mol. The number of benzene rings is 2. The van der Waals surface area contributed by atoms with Gasteiger partial charge in [-0.25, -0.2) is 0 Å². The number of fused-ring (bicyclic) bond motifs is 1. The average molecular weight is 506 g/mol. The zero-order valence-electron chi connectivity index (χ0n) is 22.8. The van der Waals surface area contributed by atoms with Gasteiger partial charge in [-0.1, -0.05) is 49.4 Å². The molecule has 1 aliphatic heterocycles. The summed E-state index contributed by atoms with van der Waals surface area (Å²) in [6, 6.07) is 18.8. The number of nitrogens with zero attached hydrogens (tertiary/aromatic N) is 3.